The number of hydrogen-bond acceptors (Lipinski definition) is 3. The van der Waals surface area contributed by atoms with Crippen LogP contribution in [-0.2, 0) is 21.2 Å². The fourth-order valence-electron chi connectivity index (χ4n) is 0. The van der Waals surface area contributed by atoms with Gasteiger partial charge in [-0.05, 0) is 0 Å². The van der Waals surface area contributed by atoms with Gasteiger partial charge < -0.3 is 0 Å². The van der Waals surface area contributed by atoms with Crippen LogP contribution < -0.4 is 0 Å². The molecule has 0 amide bonds. The third-order valence-corrected chi connectivity index (χ3v) is 0. The van der Waals surface area contributed by atoms with Crippen molar-refractivity contribution >= 4 is 21.2 Å². The van der Waals surface area contributed by atoms with Gasteiger partial charge in [-0.1, -0.05) is 0 Å². The molecule has 9 heavy (non-hydrogen) atoms. The van der Waals surface area contributed by atoms with Crippen LogP contribution in [0.5, 0.6) is 0 Å². The number of hydrogen-bond donors (Lipinski definition) is 2. The fraction of sp³-hybridized carbons (Fsp3) is 1.00. The summed E-state index contributed by atoms with van der Waals surface area (Å²) >= 11 is 0. The van der Waals surface area contributed by atoms with Crippen molar-refractivity contribution in [2.75, 3.05) is 12.5 Å². The molecule has 0 bridgehead atoms. The van der Waals surface area contributed by atoms with Gasteiger partial charge in [0.05, 0.1) is 0 Å². The van der Waals surface area contributed by atoms with Gasteiger partial charge in [0.25, 0.3) is 0 Å². The highest BCUT2D eigenvalue weighted by atomic mass is 32.3. The second-order valence-corrected chi connectivity index (χ2v) is 3.57. The van der Waals surface area contributed by atoms with E-state index in [2.05, 4.69) is 0 Å². The normalized spacial score (nSPS) is 10.3. The predicted octanol–water partition coefficient (Wildman–Crippen LogP) is -0.658. The molecular weight excluding hydrogens is 168 g/mol. The monoisotopic (exact) mass is 176 g/mol. The lowest BCUT2D eigenvalue weighted by Crippen LogP contribution is -1.89. The molecule has 0 aliphatic heterocycles. The largest absolute Gasteiger partial charge is 0.394 e. The van der Waals surface area contributed by atoms with Gasteiger partial charge in [-0.25, -0.2) is 0 Å². The average Bonchev–Trinajstić information content (AvgIpc) is 1.19. The zero-order valence-corrected chi connectivity index (χ0v) is 6.57. The molecule has 5 nitrogen and oxygen atoms in total. The molecule has 0 aromatic carbocycles. The van der Waals surface area contributed by atoms with E-state index < -0.39 is 21.2 Å². The Morgan fingerprint density at radius 2 is 1.22 bits per heavy atom. The topological polar surface area (TPSA) is 91.7 Å². The Bertz CT molecular complexity index is 155. The highest BCUT2D eigenvalue weighted by Gasteiger charge is 1.84. The highest BCUT2D eigenvalue weighted by molar-refractivity contribution is 7.83. The zero-order valence-electron chi connectivity index (χ0n) is 4.94. The van der Waals surface area contributed by atoms with E-state index in [4.69, 9.17) is 17.5 Å². The van der Waals surface area contributed by atoms with Crippen LogP contribution in [0.15, 0.2) is 0 Å². The van der Waals surface area contributed by atoms with Crippen LogP contribution in [0.4, 0.5) is 0 Å². The molecule has 0 aliphatic rings. The van der Waals surface area contributed by atoms with Crippen molar-refractivity contribution in [1.82, 2.24) is 0 Å². The van der Waals surface area contributed by atoms with Gasteiger partial charge in [0.2, 0.25) is 0 Å². The lowest BCUT2D eigenvalue weighted by atomic mass is 11.9. The maximum absolute atomic E-state index is 9.56. The van der Waals surface area contributed by atoms with E-state index in [0.29, 0.717) is 0 Å². The summed E-state index contributed by atoms with van der Waals surface area (Å²) in [7, 11) is -5.28. The molecule has 0 unspecified atom stereocenters. The molecule has 2 N–H and O–H groups in total. The smallest absolute Gasteiger partial charge is 0.264 e. The van der Waals surface area contributed by atoms with Gasteiger partial charge in [-0.15, -0.1) is 0 Å². The van der Waals surface area contributed by atoms with E-state index in [1.165, 1.54) is 0 Å². The Balaban J connectivity index is 0. The minimum atomic E-state index is -4.67. The molecular formula is C2H8O5S2. The maximum atomic E-state index is 9.56. The average molecular weight is 176 g/mol. The third-order valence-electron chi connectivity index (χ3n) is 0. The van der Waals surface area contributed by atoms with Crippen LogP contribution in [0.3, 0.4) is 0 Å². The Hall–Kier alpha value is 0.0200. The van der Waals surface area contributed by atoms with Crippen molar-refractivity contribution in [3.63, 3.8) is 0 Å². The quantitative estimate of drug-likeness (QED) is 0.478. The minimum absolute atomic E-state index is 0.611. The SMILES string of the molecule is CS(C)=O.O=S(=O)(O)O. The lowest BCUT2D eigenvalue weighted by molar-refractivity contribution is 0.381. The molecule has 58 valence electrons. The second kappa shape index (κ2) is 4.86. The van der Waals surface area contributed by atoms with Crippen molar-refractivity contribution < 1.29 is 21.7 Å². The Morgan fingerprint density at radius 1 is 1.22 bits per heavy atom. The van der Waals surface area contributed by atoms with Crippen molar-refractivity contribution in [3.8, 4) is 0 Å². The lowest BCUT2D eigenvalue weighted by Gasteiger charge is -1.68. The summed E-state index contributed by atoms with van der Waals surface area (Å²) in [5.41, 5.74) is 0. The molecule has 0 saturated carbocycles. The van der Waals surface area contributed by atoms with E-state index >= 15 is 0 Å². The summed E-state index contributed by atoms with van der Waals surface area (Å²) in [4.78, 5) is 0. The molecule has 0 aromatic heterocycles. The fourth-order valence-corrected chi connectivity index (χ4v) is 0. The van der Waals surface area contributed by atoms with E-state index in [0.717, 1.165) is 0 Å². The summed E-state index contributed by atoms with van der Waals surface area (Å²) in [6.45, 7) is 0. The van der Waals surface area contributed by atoms with Crippen LogP contribution >= 0.6 is 0 Å². The first-order chi connectivity index (χ1) is 3.73. The van der Waals surface area contributed by atoms with Gasteiger partial charge in [-0.2, -0.15) is 8.42 Å². The van der Waals surface area contributed by atoms with E-state index in [1.807, 2.05) is 0 Å². The molecule has 0 atom stereocenters. The maximum Gasteiger partial charge on any atom is 0.394 e. The summed E-state index contributed by atoms with van der Waals surface area (Å²) in [6.07, 6.45) is 3.28. The Labute approximate surface area is 56.1 Å². The van der Waals surface area contributed by atoms with Crippen molar-refractivity contribution in [3.05, 3.63) is 0 Å². The number of rotatable bonds is 0. The first-order valence-corrected chi connectivity index (χ1v) is 5.04. The van der Waals surface area contributed by atoms with Crippen molar-refractivity contribution in [2.24, 2.45) is 0 Å². The van der Waals surface area contributed by atoms with Crippen molar-refractivity contribution in [1.29, 1.82) is 0 Å². The summed E-state index contributed by atoms with van der Waals surface area (Å²) in [6, 6.07) is 0. The van der Waals surface area contributed by atoms with E-state index in [-0.39, 0.29) is 0 Å². The van der Waals surface area contributed by atoms with Crippen LogP contribution in [0.2, 0.25) is 0 Å². The first-order valence-electron chi connectivity index (χ1n) is 1.68. The molecule has 0 fully saturated rings. The molecule has 0 rings (SSSR count). The summed E-state index contributed by atoms with van der Waals surface area (Å²) in [5, 5.41) is 0. The van der Waals surface area contributed by atoms with Gasteiger partial charge in [0, 0.05) is 23.3 Å². The molecule has 0 saturated heterocycles. The highest BCUT2D eigenvalue weighted by Crippen LogP contribution is 1.59. The van der Waals surface area contributed by atoms with Gasteiger partial charge in [0.15, 0.2) is 0 Å². The van der Waals surface area contributed by atoms with Crippen LogP contribution in [-0.4, -0.2) is 34.2 Å². The van der Waals surface area contributed by atoms with Crippen LogP contribution in [0.1, 0.15) is 0 Å². The van der Waals surface area contributed by atoms with Crippen LogP contribution in [0, 0.1) is 0 Å². The minimum Gasteiger partial charge on any atom is -0.264 e. The van der Waals surface area contributed by atoms with Gasteiger partial charge in [-0.3, -0.25) is 13.3 Å². The molecule has 0 aliphatic carbocycles. The standard InChI is InChI=1S/C2H6OS.H2O4S/c1-4(2)3;1-5(2,3)4/h1-2H3;(H2,1,2,3,4). The van der Waals surface area contributed by atoms with Crippen LogP contribution in [0.25, 0.3) is 0 Å². The zero-order chi connectivity index (χ0) is 8.08. The second-order valence-electron chi connectivity index (χ2n) is 1.19. The summed E-state index contributed by atoms with van der Waals surface area (Å²) in [5.74, 6) is 0. The summed E-state index contributed by atoms with van der Waals surface area (Å²) < 4.78 is 41.1. The van der Waals surface area contributed by atoms with Gasteiger partial charge >= 0.3 is 10.4 Å². The Kier molecular flexibility index (Phi) is 6.35. The molecule has 0 radical (unpaired) electrons. The third kappa shape index (κ3) is 727000. The Morgan fingerprint density at radius 3 is 1.22 bits per heavy atom. The first kappa shape index (κ1) is 11.8. The predicted molar refractivity (Wildman–Crippen MR) is 34.2 cm³/mol. The van der Waals surface area contributed by atoms with E-state index in [9.17, 15) is 4.21 Å². The molecule has 7 heteroatoms. The molecule has 0 heterocycles. The molecule has 0 aromatic rings. The molecule has 0 spiro atoms. The van der Waals surface area contributed by atoms with E-state index in [1.54, 1.807) is 12.5 Å². The van der Waals surface area contributed by atoms with Crippen molar-refractivity contribution in [2.45, 2.75) is 0 Å². The van der Waals surface area contributed by atoms with Gasteiger partial charge in [0.1, 0.15) is 0 Å².